The van der Waals surface area contributed by atoms with Gasteiger partial charge in [-0.15, -0.1) is 0 Å². The SMILES string of the molecule is Cc1cn2cccc(C(=O)N3CCCC4(CCc5c4nc(C(C)(C)C)[nH]c5=O)C3)c2n1. The number of rotatable bonds is 1. The van der Waals surface area contributed by atoms with Gasteiger partial charge in [0.2, 0.25) is 0 Å². The minimum absolute atomic E-state index is 0.00427. The van der Waals surface area contributed by atoms with Crippen LogP contribution < -0.4 is 5.56 Å². The molecule has 4 heterocycles. The third-order valence-electron chi connectivity index (χ3n) is 6.78. The van der Waals surface area contributed by atoms with E-state index in [0.717, 1.165) is 48.5 Å². The Morgan fingerprint density at radius 2 is 2.03 bits per heavy atom. The van der Waals surface area contributed by atoms with Crippen molar-refractivity contribution in [1.82, 2.24) is 24.3 Å². The number of carbonyl (C=O) groups excluding carboxylic acids is 1. The number of nitrogens with zero attached hydrogens (tertiary/aromatic N) is 4. The Balaban J connectivity index is 1.53. The van der Waals surface area contributed by atoms with Gasteiger partial charge in [-0.2, -0.15) is 0 Å². The Bertz CT molecular complexity index is 1250. The molecular formula is C24H29N5O2. The molecule has 31 heavy (non-hydrogen) atoms. The second-order valence-corrected chi connectivity index (χ2v) is 10.1. The molecule has 3 aromatic rings. The van der Waals surface area contributed by atoms with Gasteiger partial charge in [0, 0.05) is 41.9 Å². The highest BCUT2D eigenvalue weighted by atomic mass is 16.2. The molecule has 1 aliphatic carbocycles. The Morgan fingerprint density at radius 3 is 2.81 bits per heavy atom. The number of likely N-dealkylation sites (tertiary alicyclic amines) is 1. The van der Waals surface area contributed by atoms with E-state index in [1.165, 1.54) is 0 Å². The molecule has 1 aliphatic heterocycles. The lowest BCUT2D eigenvalue weighted by Crippen LogP contribution is -2.48. The fraction of sp³-hybridized carbons (Fsp3) is 0.500. The van der Waals surface area contributed by atoms with Crippen molar-refractivity contribution in [2.24, 2.45) is 0 Å². The van der Waals surface area contributed by atoms with Crippen molar-refractivity contribution in [3.8, 4) is 0 Å². The second-order valence-electron chi connectivity index (χ2n) is 10.1. The van der Waals surface area contributed by atoms with Gasteiger partial charge in [-0.05, 0) is 44.7 Å². The summed E-state index contributed by atoms with van der Waals surface area (Å²) in [6.07, 6.45) is 7.29. The lowest BCUT2D eigenvalue weighted by Gasteiger charge is -2.40. The van der Waals surface area contributed by atoms with Crippen molar-refractivity contribution in [2.75, 3.05) is 13.1 Å². The monoisotopic (exact) mass is 419 g/mol. The van der Waals surface area contributed by atoms with Gasteiger partial charge in [0.25, 0.3) is 11.5 Å². The molecule has 0 bridgehead atoms. The molecule has 162 valence electrons. The molecule has 0 aromatic carbocycles. The van der Waals surface area contributed by atoms with Gasteiger partial charge in [-0.25, -0.2) is 9.97 Å². The molecule has 1 unspecified atom stereocenters. The topological polar surface area (TPSA) is 83.4 Å². The number of amides is 1. The average Bonchev–Trinajstić information content (AvgIpc) is 3.27. The van der Waals surface area contributed by atoms with E-state index in [-0.39, 0.29) is 22.3 Å². The van der Waals surface area contributed by atoms with E-state index >= 15 is 0 Å². The number of fused-ring (bicyclic) bond motifs is 3. The highest BCUT2D eigenvalue weighted by Gasteiger charge is 2.46. The van der Waals surface area contributed by atoms with E-state index < -0.39 is 0 Å². The highest BCUT2D eigenvalue weighted by molar-refractivity contribution is 6.00. The molecular weight excluding hydrogens is 390 g/mol. The number of nitrogens with one attached hydrogen (secondary N) is 1. The first-order valence-corrected chi connectivity index (χ1v) is 11.1. The summed E-state index contributed by atoms with van der Waals surface area (Å²) < 4.78 is 1.91. The number of hydrogen-bond donors (Lipinski definition) is 1. The van der Waals surface area contributed by atoms with Gasteiger partial charge in [0.05, 0.1) is 17.0 Å². The van der Waals surface area contributed by atoms with Crippen molar-refractivity contribution < 1.29 is 4.79 Å². The van der Waals surface area contributed by atoms with Crippen molar-refractivity contribution >= 4 is 11.6 Å². The van der Waals surface area contributed by atoms with Crippen LogP contribution >= 0.6 is 0 Å². The molecule has 3 aromatic heterocycles. The first kappa shape index (κ1) is 20.0. The van der Waals surface area contributed by atoms with E-state index in [1.54, 1.807) is 0 Å². The zero-order valence-electron chi connectivity index (χ0n) is 18.7. The lowest BCUT2D eigenvalue weighted by atomic mass is 9.77. The molecule has 0 saturated carbocycles. The van der Waals surface area contributed by atoms with E-state index in [0.29, 0.717) is 24.3 Å². The van der Waals surface area contributed by atoms with Crippen LogP contribution in [-0.4, -0.2) is 43.2 Å². The van der Waals surface area contributed by atoms with Crippen LogP contribution in [0.1, 0.15) is 73.2 Å². The fourth-order valence-electron chi connectivity index (χ4n) is 5.18. The molecule has 7 nitrogen and oxygen atoms in total. The summed E-state index contributed by atoms with van der Waals surface area (Å²) >= 11 is 0. The summed E-state index contributed by atoms with van der Waals surface area (Å²) in [5.74, 6) is 0.725. The van der Waals surface area contributed by atoms with Gasteiger partial charge in [0.1, 0.15) is 11.5 Å². The third kappa shape index (κ3) is 3.18. The zero-order chi connectivity index (χ0) is 22.0. The average molecular weight is 420 g/mol. The molecule has 1 spiro atoms. The number of H-pyrrole nitrogens is 1. The zero-order valence-corrected chi connectivity index (χ0v) is 18.7. The number of hydrogen-bond acceptors (Lipinski definition) is 4. The number of aromatic nitrogens is 4. The van der Waals surface area contributed by atoms with Crippen molar-refractivity contribution in [2.45, 2.75) is 64.2 Å². The molecule has 1 saturated heterocycles. The number of pyridine rings is 1. The summed E-state index contributed by atoms with van der Waals surface area (Å²) in [7, 11) is 0. The van der Waals surface area contributed by atoms with Crippen molar-refractivity contribution in [3.63, 3.8) is 0 Å². The fourth-order valence-corrected chi connectivity index (χ4v) is 5.18. The molecule has 2 aliphatic rings. The molecule has 1 fully saturated rings. The van der Waals surface area contributed by atoms with Crippen LogP contribution in [0.2, 0.25) is 0 Å². The smallest absolute Gasteiger partial charge is 0.257 e. The lowest BCUT2D eigenvalue weighted by molar-refractivity contribution is 0.0634. The number of imidazole rings is 1. The normalized spacial score (nSPS) is 21.1. The molecule has 1 atom stereocenters. The Labute approximate surface area is 181 Å². The molecule has 5 rings (SSSR count). The molecule has 1 amide bonds. The predicted octanol–water partition coefficient (Wildman–Crippen LogP) is 3.14. The Hall–Kier alpha value is -2.96. The predicted molar refractivity (Wildman–Crippen MR) is 119 cm³/mol. The summed E-state index contributed by atoms with van der Waals surface area (Å²) in [6, 6.07) is 3.75. The maximum Gasteiger partial charge on any atom is 0.257 e. The van der Waals surface area contributed by atoms with Crippen molar-refractivity contribution in [1.29, 1.82) is 0 Å². The van der Waals surface area contributed by atoms with Gasteiger partial charge in [-0.3, -0.25) is 9.59 Å². The third-order valence-corrected chi connectivity index (χ3v) is 6.78. The minimum atomic E-state index is -0.242. The van der Waals surface area contributed by atoms with Crippen molar-refractivity contribution in [3.05, 3.63) is 63.2 Å². The molecule has 7 heteroatoms. The maximum atomic E-state index is 13.6. The van der Waals surface area contributed by atoms with Crippen LogP contribution in [0.5, 0.6) is 0 Å². The van der Waals surface area contributed by atoms with E-state index in [2.05, 4.69) is 30.7 Å². The largest absolute Gasteiger partial charge is 0.338 e. The van der Waals surface area contributed by atoms with Crippen LogP contribution in [0.3, 0.4) is 0 Å². The quantitative estimate of drug-likeness (QED) is 0.657. The highest BCUT2D eigenvalue weighted by Crippen LogP contribution is 2.43. The van der Waals surface area contributed by atoms with Gasteiger partial charge in [-0.1, -0.05) is 20.8 Å². The Morgan fingerprint density at radius 1 is 1.23 bits per heavy atom. The number of carbonyl (C=O) groups is 1. The Kier molecular flexibility index (Phi) is 4.36. The summed E-state index contributed by atoms with van der Waals surface area (Å²) in [5.41, 5.74) is 3.42. The van der Waals surface area contributed by atoms with Crippen LogP contribution in [0.4, 0.5) is 0 Å². The van der Waals surface area contributed by atoms with Crippen LogP contribution in [0, 0.1) is 6.92 Å². The standard InChI is InChI=1S/C24H29N5O2/c1-15-13-28-11-5-7-17(19(28)25-15)21(31)29-12-6-9-24(14-29)10-8-16-18(24)26-22(23(2,3)4)27-20(16)30/h5,7,11,13H,6,8-10,12,14H2,1-4H3,(H,26,27,30). The van der Waals surface area contributed by atoms with E-state index in [1.807, 2.05) is 40.8 Å². The van der Waals surface area contributed by atoms with E-state index in [9.17, 15) is 9.59 Å². The van der Waals surface area contributed by atoms with Gasteiger partial charge in [0.15, 0.2) is 0 Å². The summed E-state index contributed by atoms with van der Waals surface area (Å²) in [5, 5.41) is 0. The second kappa shape index (κ2) is 6.77. The summed E-state index contributed by atoms with van der Waals surface area (Å²) in [4.78, 5) is 40.8. The van der Waals surface area contributed by atoms with E-state index in [4.69, 9.17) is 4.98 Å². The van der Waals surface area contributed by atoms with Crippen LogP contribution in [-0.2, 0) is 17.3 Å². The maximum absolute atomic E-state index is 13.6. The van der Waals surface area contributed by atoms with Gasteiger partial charge >= 0.3 is 0 Å². The number of aromatic amines is 1. The first-order valence-electron chi connectivity index (χ1n) is 11.1. The minimum Gasteiger partial charge on any atom is -0.338 e. The van der Waals surface area contributed by atoms with Gasteiger partial charge < -0.3 is 14.3 Å². The molecule has 0 radical (unpaired) electrons. The first-order chi connectivity index (χ1) is 14.7. The van der Waals surface area contributed by atoms with Crippen LogP contribution in [0.15, 0.2) is 29.3 Å². The van der Waals surface area contributed by atoms with Crippen LogP contribution in [0.25, 0.3) is 5.65 Å². The number of aryl methyl sites for hydroxylation is 1. The number of piperidine rings is 1. The summed E-state index contributed by atoms with van der Waals surface area (Å²) in [6.45, 7) is 9.42. The molecule has 1 N–H and O–H groups in total.